The van der Waals surface area contributed by atoms with Gasteiger partial charge in [-0.05, 0) is 24.6 Å². The largest absolute Gasteiger partial charge is 0.399 e. The monoisotopic (exact) mass is 263 g/mol. The van der Waals surface area contributed by atoms with Crippen LogP contribution in [0.1, 0.15) is 13.3 Å². The van der Waals surface area contributed by atoms with Gasteiger partial charge in [0.25, 0.3) is 0 Å². The molecular formula is C14H21N3O2. The van der Waals surface area contributed by atoms with Crippen molar-refractivity contribution in [1.29, 1.82) is 0 Å². The van der Waals surface area contributed by atoms with Crippen molar-refractivity contribution in [2.75, 3.05) is 36.9 Å². The number of rotatable bonds is 4. The van der Waals surface area contributed by atoms with E-state index in [1.807, 2.05) is 31.2 Å². The normalized spacial score (nSPS) is 19.2. The molecule has 0 spiro atoms. The zero-order valence-corrected chi connectivity index (χ0v) is 11.3. The minimum atomic E-state index is -0.276. The van der Waals surface area contributed by atoms with E-state index in [1.165, 1.54) is 0 Å². The van der Waals surface area contributed by atoms with Gasteiger partial charge in [-0.15, -0.1) is 0 Å². The van der Waals surface area contributed by atoms with Gasteiger partial charge in [-0.1, -0.05) is 13.0 Å². The van der Waals surface area contributed by atoms with E-state index in [1.54, 1.807) is 0 Å². The first kappa shape index (κ1) is 13.7. The molecule has 1 atom stereocenters. The number of hydrogen-bond acceptors (Lipinski definition) is 4. The summed E-state index contributed by atoms with van der Waals surface area (Å²) in [5.41, 5.74) is 7.49. The molecule has 1 aromatic carbocycles. The van der Waals surface area contributed by atoms with Crippen LogP contribution in [0.4, 0.5) is 11.4 Å². The minimum Gasteiger partial charge on any atom is -0.399 e. The first-order chi connectivity index (χ1) is 9.22. The Labute approximate surface area is 113 Å². The SMILES string of the molecule is CCCNC(=O)C1COCCN1c1cccc(N)c1. The van der Waals surface area contributed by atoms with Gasteiger partial charge in [-0.25, -0.2) is 0 Å². The maximum absolute atomic E-state index is 12.2. The smallest absolute Gasteiger partial charge is 0.245 e. The Hall–Kier alpha value is -1.75. The number of nitrogens with one attached hydrogen (secondary N) is 1. The molecule has 0 saturated carbocycles. The average Bonchev–Trinajstić information content (AvgIpc) is 2.45. The molecule has 19 heavy (non-hydrogen) atoms. The quantitative estimate of drug-likeness (QED) is 0.795. The van der Waals surface area contributed by atoms with E-state index in [9.17, 15) is 4.79 Å². The Kier molecular flexibility index (Phi) is 4.63. The second-order valence-corrected chi connectivity index (χ2v) is 4.67. The van der Waals surface area contributed by atoms with Crippen LogP contribution in [0, 0.1) is 0 Å². The van der Waals surface area contributed by atoms with Crippen molar-refractivity contribution >= 4 is 17.3 Å². The lowest BCUT2D eigenvalue weighted by Crippen LogP contribution is -2.54. The molecule has 1 heterocycles. The van der Waals surface area contributed by atoms with Gasteiger partial charge in [0.2, 0.25) is 5.91 Å². The van der Waals surface area contributed by atoms with E-state index in [-0.39, 0.29) is 11.9 Å². The van der Waals surface area contributed by atoms with E-state index in [0.29, 0.717) is 32.0 Å². The van der Waals surface area contributed by atoms with Crippen LogP contribution in [-0.4, -0.2) is 38.3 Å². The minimum absolute atomic E-state index is 0.0176. The molecule has 2 rings (SSSR count). The third kappa shape index (κ3) is 3.38. The van der Waals surface area contributed by atoms with E-state index in [4.69, 9.17) is 10.5 Å². The summed E-state index contributed by atoms with van der Waals surface area (Å²) in [4.78, 5) is 14.2. The predicted molar refractivity (Wildman–Crippen MR) is 76.1 cm³/mol. The maximum Gasteiger partial charge on any atom is 0.245 e. The van der Waals surface area contributed by atoms with Crippen LogP contribution in [0.25, 0.3) is 0 Å². The summed E-state index contributed by atoms with van der Waals surface area (Å²) in [6.45, 7) is 4.48. The fourth-order valence-electron chi connectivity index (χ4n) is 2.20. The number of carbonyl (C=O) groups excluding carboxylic acids is 1. The highest BCUT2D eigenvalue weighted by atomic mass is 16.5. The molecule has 0 aliphatic carbocycles. The van der Waals surface area contributed by atoms with E-state index in [2.05, 4.69) is 10.2 Å². The summed E-state index contributed by atoms with van der Waals surface area (Å²) in [7, 11) is 0. The lowest BCUT2D eigenvalue weighted by Gasteiger charge is -2.36. The molecule has 1 unspecified atom stereocenters. The van der Waals surface area contributed by atoms with Crippen molar-refractivity contribution in [1.82, 2.24) is 5.32 Å². The molecule has 5 nitrogen and oxygen atoms in total. The van der Waals surface area contributed by atoms with Gasteiger partial charge >= 0.3 is 0 Å². The van der Waals surface area contributed by atoms with Crippen LogP contribution < -0.4 is 16.0 Å². The molecule has 1 aliphatic heterocycles. The second-order valence-electron chi connectivity index (χ2n) is 4.67. The molecule has 3 N–H and O–H groups in total. The van der Waals surface area contributed by atoms with Crippen molar-refractivity contribution in [2.45, 2.75) is 19.4 Å². The van der Waals surface area contributed by atoms with Crippen LogP contribution in [0.5, 0.6) is 0 Å². The molecule has 1 amide bonds. The molecular weight excluding hydrogens is 242 g/mol. The van der Waals surface area contributed by atoms with Crippen molar-refractivity contribution in [3.8, 4) is 0 Å². The Balaban J connectivity index is 2.13. The zero-order valence-electron chi connectivity index (χ0n) is 11.3. The number of nitrogens with two attached hydrogens (primary N) is 1. The number of benzene rings is 1. The Morgan fingerprint density at radius 2 is 2.42 bits per heavy atom. The number of anilines is 2. The van der Waals surface area contributed by atoms with Gasteiger partial charge in [0.1, 0.15) is 6.04 Å². The number of morpholine rings is 1. The number of amides is 1. The van der Waals surface area contributed by atoms with Crippen LogP contribution >= 0.6 is 0 Å². The number of ether oxygens (including phenoxy) is 1. The third-order valence-corrected chi connectivity index (χ3v) is 3.18. The molecule has 0 radical (unpaired) electrons. The van der Waals surface area contributed by atoms with Crippen molar-refractivity contribution in [3.63, 3.8) is 0 Å². The number of nitrogens with zero attached hydrogens (tertiary/aromatic N) is 1. The van der Waals surface area contributed by atoms with Crippen LogP contribution in [0.15, 0.2) is 24.3 Å². The van der Waals surface area contributed by atoms with Gasteiger partial charge < -0.3 is 20.7 Å². The van der Waals surface area contributed by atoms with Gasteiger partial charge in [0.15, 0.2) is 0 Å². The van der Waals surface area contributed by atoms with E-state index in [0.717, 1.165) is 12.1 Å². The number of hydrogen-bond donors (Lipinski definition) is 2. The second kappa shape index (κ2) is 6.43. The van der Waals surface area contributed by atoms with Crippen LogP contribution in [0.3, 0.4) is 0 Å². The topological polar surface area (TPSA) is 67.6 Å². The van der Waals surface area contributed by atoms with Gasteiger partial charge in [-0.3, -0.25) is 4.79 Å². The predicted octanol–water partition coefficient (Wildman–Crippen LogP) is 1.00. The fraction of sp³-hybridized carbons (Fsp3) is 0.500. The molecule has 104 valence electrons. The summed E-state index contributed by atoms with van der Waals surface area (Å²) < 4.78 is 5.43. The summed E-state index contributed by atoms with van der Waals surface area (Å²) in [5, 5.41) is 2.92. The van der Waals surface area contributed by atoms with Gasteiger partial charge in [0, 0.05) is 24.5 Å². The summed E-state index contributed by atoms with van der Waals surface area (Å²) in [6.07, 6.45) is 0.928. The Bertz CT molecular complexity index is 436. The standard InChI is InChI=1S/C14H21N3O2/c1-2-6-16-14(18)13-10-19-8-7-17(13)12-5-3-4-11(15)9-12/h3-5,9,13H,2,6-8,10,15H2,1H3,(H,16,18). The summed E-state index contributed by atoms with van der Waals surface area (Å²) in [5.74, 6) is 0.0176. The molecule has 1 fully saturated rings. The molecule has 0 aromatic heterocycles. The molecule has 0 bridgehead atoms. The van der Waals surface area contributed by atoms with Crippen molar-refractivity contribution in [3.05, 3.63) is 24.3 Å². The molecule has 5 heteroatoms. The highest BCUT2D eigenvalue weighted by Gasteiger charge is 2.29. The zero-order chi connectivity index (χ0) is 13.7. The highest BCUT2D eigenvalue weighted by molar-refractivity contribution is 5.85. The first-order valence-electron chi connectivity index (χ1n) is 6.70. The fourth-order valence-corrected chi connectivity index (χ4v) is 2.20. The van der Waals surface area contributed by atoms with Crippen molar-refractivity contribution in [2.24, 2.45) is 0 Å². The van der Waals surface area contributed by atoms with Gasteiger partial charge in [-0.2, -0.15) is 0 Å². The molecule has 1 saturated heterocycles. The van der Waals surface area contributed by atoms with Crippen molar-refractivity contribution < 1.29 is 9.53 Å². The van der Waals surface area contributed by atoms with E-state index >= 15 is 0 Å². The number of carbonyl (C=O) groups is 1. The maximum atomic E-state index is 12.2. The lowest BCUT2D eigenvalue weighted by atomic mass is 10.1. The highest BCUT2D eigenvalue weighted by Crippen LogP contribution is 2.22. The van der Waals surface area contributed by atoms with Crippen LogP contribution in [-0.2, 0) is 9.53 Å². The third-order valence-electron chi connectivity index (χ3n) is 3.18. The lowest BCUT2D eigenvalue weighted by molar-refractivity contribution is -0.124. The van der Waals surface area contributed by atoms with Crippen LogP contribution in [0.2, 0.25) is 0 Å². The number of nitrogen functional groups attached to an aromatic ring is 1. The van der Waals surface area contributed by atoms with Gasteiger partial charge in [0.05, 0.1) is 13.2 Å². The Morgan fingerprint density at radius 3 is 3.16 bits per heavy atom. The molecule has 1 aliphatic rings. The first-order valence-corrected chi connectivity index (χ1v) is 6.70. The van der Waals surface area contributed by atoms with E-state index < -0.39 is 0 Å². The summed E-state index contributed by atoms with van der Waals surface area (Å²) >= 11 is 0. The summed E-state index contributed by atoms with van der Waals surface area (Å²) in [6, 6.07) is 7.34. The Morgan fingerprint density at radius 1 is 1.58 bits per heavy atom. The average molecular weight is 263 g/mol. The molecule has 1 aromatic rings.